The Hall–Kier alpha value is -1.99. The fourth-order valence-electron chi connectivity index (χ4n) is 1.48. The van der Waals surface area contributed by atoms with Crippen LogP contribution in [-0.4, -0.2) is 4.98 Å². The van der Waals surface area contributed by atoms with Gasteiger partial charge in [-0.3, -0.25) is 0 Å². The van der Waals surface area contributed by atoms with Crippen molar-refractivity contribution in [3.63, 3.8) is 0 Å². The van der Waals surface area contributed by atoms with Gasteiger partial charge in [-0.05, 0) is 18.2 Å². The molecule has 2 nitrogen and oxygen atoms in total. The van der Waals surface area contributed by atoms with Crippen LogP contribution in [0, 0.1) is 6.39 Å². The summed E-state index contributed by atoms with van der Waals surface area (Å²) in [7, 11) is 0. The minimum Gasteiger partial charge on any atom is -0.432 e. The first-order valence-electron chi connectivity index (χ1n) is 4.80. The molecule has 0 aliphatic heterocycles. The van der Waals surface area contributed by atoms with E-state index >= 15 is 0 Å². The van der Waals surface area contributed by atoms with Crippen LogP contribution in [0.1, 0.15) is 11.1 Å². The number of benzene rings is 1. The van der Waals surface area contributed by atoms with Gasteiger partial charge in [-0.15, -0.1) is 0 Å². The second-order valence-electron chi connectivity index (χ2n) is 3.57. The summed E-state index contributed by atoms with van der Waals surface area (Å²) in [6.45, 7) is 0. The van der Waals surface area contributed by atoms with Crippen molar-refractivity contribution in [3.05, 3.63) is 41.9 Å². The van der Waals surface area contributed by atoms with Gasteiger partial charge in [0.2, 0.25) is 0 Å². The molecule has 2 aromatic rings. The van der Waals surface area contributed by atoms with Crippen LogP contribution in [0.2, 0.25) is 0 Å². The molecule has 0 saturated carbocycles. The number of oxazole rings is 1. The number of halogens is 6. The van der Waals surface area contributed by atoms with Crippen LogP contribution < -0.4 is 0 Å². The Morgan fingerprint density at radius 2 is 1.68 bits per heavy atom. The molecule has 8 heteroatoms. The topological polar surface area (TPSA) is 26.0 Å². The highest BCUT2D eigenvalue weighted by Gasteiger charge is 2.38. The lowest BCUT2D eigenvalue weighted by molar-refractivity contribution is -0.142. The van der Waals surface area contributed by atoms with Crippen molar-refractivity contribution in [2.24, 2.45) is 0 Å². The first-order valence-corrected chi connectivity index (χ1v) is 4.80. The molecule has 1 aromatic carbocycles. The van der Waals surface area contributed by atoms with E-state index < -0.39 is 29.0 Å². The molecule has 0 unspecified atom stereocenters. The van der Waals surface area contributed by atoms with Crippen molar-refractivity contribution in [3.8, 4) is 11.3 Å². The lowest BCUT2D eigenvalue weighted by Gasteiger charge is -2.14. The summed E-state index contributed by atoms with van der Waals surface area (Å²) >= 11 is 0. The zero-order valence-electron chi connectivity index (χ0n) is 8.93. The van der Waals surface area contributed by atoms with E-state index in [-0.39, 0.29) is 11.8 Å². The molecule has 0 fully saturated rings. The Morgan fingerprint density at radius 1 is 1.00 bits per heavy atom. The van der Waals surface area contributed by atoms with Gasteiger partial charge in [0.15, 0.2) is 5.76 Å². The first-order chi connectivity index (χ1) is 8.69. The lowest BCUT2D eigenvalue weighted by atomic mass is 10.0. The second kappa shape index (κ2) is 4.29. The zero-order valence-corrected chi connectivity index (χ0v) is 8.93. The highest BCUT2D eigenvalue weighted by Crippen LogP contribution is 2.40. The van der Waals surface area contributed by atoms with Crippen molar-refractivity contribution in [2.75, 3.05) is 0 Å². The normalized spacial score (nSPS) is 12.7. The maximum Gasteiger partial charge on any atom is 0.417 e. The van der Waals surface area contributed by atoms with E-state index in [0.717, 1.165) is 6.20 Å². The smallest absolute Gasteiger partial charge is 0.417 e. The van der Waals surface area contributed by atoms with Crippen molar-refractivity contribution in [1.29, 1.82) is 0 Å². The third kappa shape index (κ3) is 2.72. The predicted octanol–water partition coefficient (Wildman–Crippen LogP) is 4.18. The van der Waals surface area contributed by atoms with E-state index in [9.17, 15) is 26.3 Å². The summed E-state index contributed by atoms with van der Waals surface area (Å²) in [6, 6.07) is 1.28. The highest BCUT2D eigenvalue weighted by molar-refractivity contribution is 5.63. The van der Waals surface area contributed by atoms with Crippen LogP contribution in [0.3, 0.4) is 0 Å². The van der Waals surface area contributed by atoms with Gasteiger partial charge < -0.3 is 4.42 Å². The number of aromatic nitrogens is 1. The Morgan fingerprint density at radius 3 is 2.16 bits per heavy atom. The van der Waals surface area contributed by atoms with E-state index in [0.29, 0.717) is 12.1 Å². The van der Waals surface area contributed by atoms with Gasteiger partial charge in [0.25, 0.3) is 6.39 Å². The molecule has 1 heterocycles. The Labute approximate surface area is 102 Å². The molecule has 1 aromatic heterocycles. The Bertz CT molecular complexity index is 570. The van der Waals surface area contributed by atoms with Crippen molar-refractivity contribution in [1.82, 2.24) is 4.98 Å². The number of hydrogen-bond acceptors (Lipinski definition) is 2. The summed E-state index contributed by atoms with van der Waals surface area (Å²) in [4.78, 5) is 3.31. The van der Waals surface area contributed by atoms with Gasteiger partial charge in [-0.25, -0.2) is 4.98 Å². The summed E-state index contributed by atoms with van der Waals surface area (Å²) in [5, 5.41) is 0. The van der Waals surface area contributed by atoms with E-state index in [1.54, 1.807) is 0 Å². The molecular formula is C11H4F6NO. The molecule has 101 valence electrons. The lowest BCUT2D eigenvalue weighted by Crippen LogP contribution is -2.11. The first kappa shape index (κ1) is 13.4. The summed E-state index contributed by atoms with van der Waals surface area (Å²) in [6.07, 6.45) is -6.92. The molecular weight excluding hydrogens is 276 g/mol. The van der Waals surface area contributed by atoms with Crippen LogP contribution in [0.15, 0.2) is 28.8 Å². The maximum atomic E-state index is 12.8. The Balaban J connectivity index is 2.63. The van der Waals surface area contributed by atoms with Crippen molar-refractivity contribution >= 4 is 0 Å². The molecule has 2 rings (SSSR count). The van der Waals surface area contributed by atoms with E-state index in [4.69, 9.17) is 0 Å². The molecule has 0 amide bonds. The second-order valence-corrected chi connectivity index (χ2v) is 3.57. The predicted molar refractivity (Wildman–Crippen MR) is 50.8 cm³/mol. The molecule has 0 saturated heterocycles. The van der Waals surface area contributed by atoms with E-state index in [2.05, 4.69) is 9.40 Å². The average molecular weight is 280 g/mol. The summed E-state index contributed by atoms with van der Waals surface area (Å²) < 4.78 is 80.1. The van der Waals surface area contributed by atoms with Crippen LogP contribution in [0.5, 0.6) is 0 Å². The van der Waals surface area contributed by atoms with Crippen LogP contribution >= 0.6 is 0 Å². The average Bonchev–Trinajstić information content (AvgIpc) is 2.79. The molecule has 1 radical (unpaired) electrons. The fraction of sp³-hybridized carbons (Fsp3) is 0.182. The van der Waals surface area contributed by atoms with Gasteiger partial charge >= 0.3 is 12.4 Å². The quantitative estimate of drug-likeness (QED) is 0.732. The maximum absolute atomic E-state index is 12.8. The van der Waals surface area contributed by atoms with Gasteiger partial charge in [0.05, 0.1) is 17.3 Å². The van der Waals surface area contributed by atoms with Crippen LogP contribution in [-0.2, 0) is 12.4 Å². The summed E-state index contributed by atoms with van der Waals surface area (Å²) in [5.74, 6) is -0.305. The molecule has 0 aliphatic rings. The molecule has 0 spiro atoms. The highest BCUT2D eigenvalue weighted by atomic mass is 19.4. The molecule has 0 N–H and O–H groups in total. The third-order valence-electron chi connectivity index (χ3n) is 2.31. The fourth-order valence-corrected chi connectivity index (χ4v) is 1.48. The third-order valence-corrected chi connectivity index (χ3v) is 2.31. The minimum atomic E-state index is -4.94. The van der Waals surface area contributed by atoms with Gasteiger partial charge in [0, 0.05) is 5.56 Å². The van der Waals surface area contributed by atoms with Gasteiger partial charge in [0.1, 0.15) is 0 Å². The van der Waals surface area contributed by atoms with Crippen LogP contribution in [0.25, 0.3) is 11.3 Å². The van der Waals surface area contributed by atoms with Crippen molar-refractivity contribution in [2.45, 2.75) is 12.4 Å². The molecule has 0 aliphatic carbocycles. The van der Waals surface area contributed by atoms with E-state index in [1.165, 1.54) is 0 Å². The largest absolute Gasteiger partial charge is 0.432 e. The standard InChI is InChI=1S/C11H4F6NO/c12-10(13,14)6-1-2-7(9-4-18-5-19-9)8(3-6)11(15,16)17/h1-4H. The Kier molecular flexibility index (Phi) is 3.03. The van der Waals surface area contributed by atoms with E-state index in [1.807, 2.05) is 6.39 Å². The molecule has 0 atom stereocenters. The van der Waals surface area contributed by atoms with Crippen molar-refractivity contribution < 1.29 is 30.8 Å². The van der Waals surface area contributed by atoms with Crippen LogP contribution in [0.4, 0.5) is 26.3 Å². The molecule has 19 heavy (non-hydrogen) atoms. The number of rotatable bonds is 1. The zero-order chi connectivity index (χ0) is 14.3. The number of alkyl halides is 6. The SMILES string of the molecule is FC(F)(F)c1ccc(-c2cn[c]o2)c(C(F)(F)F)c1. The minimum absolute atomic E-state index is 0.0395. The van der Waals surface area contributed by atoms with Gasteiger partial charge in [-0.1, -0.05) is 0 Å². The number of nitrogens with zero attached hydrogens (tertiary/aromatic N) is 1. The van der Waals surface area contributed by atoms with Gasteiger partial charge in [-0.2, -0.15) is 26.3 Å². The summed E-state index contributed by atoms with van der Waals surface area (Å²) in [5.41, 5.74) is -3.34. The monoisotopic (exact) mass is 280 g/mol. The molecule has 0 bridgehead atoms. The number of hydrogen-bond donors (Lipinski definition) is 0.